The molecule has 1 fully saturated rings. The van der Waals surface area contributed by atoms with Crippen molar-refractivity contribution < 1.29 is 18.9 Å². The molecule has 1 unspecified atom stereocenters. The minimum atomic E-state index is -0.501. The van der Waals surface area contributed by atoms with E-state index < -0.39 is 23.7 Å². The van der Waals surface area contributed by atoms with Gasteiger partial charge in [-0.1, -0.05) is 91.0 Å². The van der Waals surface area contributed by atoms with Gasteiger partial charge in [0.1, 0.15) is 37.3 Å². The molecule has 4 atom stereocenters. The topological polar surface area (TPSA) is 87.7 Å². The zero-order chi connectivity index (χ0) is 28.1. The summed E-state index contributed by atoms with van der Waals surface area (Å²) in [6.45, 7) is 3.30. The zero-order valence-corrected chi connectivity index (χ0v) is 23.7. The van der Waals surface area contributed by atoms with E-state index in [1.807, 2.05) is 78.9 Å². The molecule has 7 nitrogen and oxygen atoms in total. The average molecular weight is 568 g/mol. The number of nitrogens with two attached hydrogens (primary N) is 1. The van der Waals surface area contributed by atoms with Crippen LogP contribution in [0.15, 0.2) is 124 Å². The third-order valence-electron chi connectivity index (χ3n) is 7.47. The Balaban J connectivity index is 1.33. The molecule has 41 heavy (non-hydrogen) atoms. The highest BCUT2D eigenvalue weighted by Gasteiger charge is 2.52. The van der Waals surface area contributed by atoms with Gasteiger partial charge in [0, 0.05) is 5.75 Å². The summed E-state index contributed by atoms with van der Waals surface area (Å²) in [5, 5.41) is 0. The third kappa shape index (κ3) is 5.95. The molecule has 3 aliphatic heterocycles. The van der Waals surface area contributed by atoms with Crippen molar-refractivity contribution in [3.63, 3.8) is 0 Å². The quantitative estimate of drug-likeness (QED) is 0.304. The molecule has 210 valence electrons. The molecule has 3 aromatic carbocycles. The normalized spacial score (nSPS) is 26.1. The minimum absolute atomic E-state index is 0.400. The van der Waals surface area contributed by atoms with Crippen molar-refractivity contribution in [1.82, 2.24) is 0 Å². The van der Waals surface area contributed by atoms with E-state index in [0.717, 1.165) is 33.0 Å². The van der Waals surface area contributed by atoms with Gasteiger partial charge in [-0.25, -0.2) is 9.98 Å². The fraction of sp³-hybridized carbons (Fsp3) is 0.273. The van der Waals surface area contributed by atoms with Crippen LogP contribution in [0.1, 0.15) is 23.6 Å². The molecule has 2 N–H and O–H groups in total. The SMILES string of the molecule is CC12CSC([C@@H]3O/C(=C/OCc4ccccc4)[C@@H](OCc4ccccc4)[C@H]3OCc3ccccc3)=C1N=CN=C2N. The second-order valence-electron chi connectivity index (χ2n) is 10.4. The first-order chi connectivity index (χ1) is 20.1. The van der Waals surface area contributed by atoms with Gasteiger partial charge >= 0.3 is 0 Å². The Labute approximate surface area is 244 Å². The number of hydrogen-bond acceptors (Lipinski definition) is 8. The van der Waals surface area contributed by atoms with Crippen LogP contribution in [0.25, 0.3) is 0 Å². The van der Waals surface area contributed by atoms with E-state index >= 15 is 0 Å². The lowest BCUT2D eigenvalue weighted by Gasteiger charge is -2.27. The molecule has 0 amide bonds. The van der Waals surface area contributed by atoms with Crippen LogP contribution in [0.5, 0.6) is 0 Å². The van der Waals surface area contributed by atoms with Gasteiger partial charge < -0.3 is 24.7 Å². The smallest absolute Gasteiger partial charge is 0.163 e. The Morgan fingerprint density at radius 1 is 0.878 bits per heavy atom. The molecule has 0 radical (unpaired) electrons. The van der Waals surface area contributed by atoms with E-state index in [-0.39, 0.29) is 0 Å². The van der Waals surface area contributed by atoms with Crippen molar-refractivity contribution in [2.45, 2.75) is 45.1 Å². The Morgan fingerprint density at radius 3 is 2.10 bits per heavy atom. The van der Waals surface area contributed by atoms with E-state index in [9.17, 15) is 0 Å². The van der Waals surface area contributed by atoms with E-state index in [0.29, 0.717) is 31.4 Å². The number of hydrogen-bond donors (Lipinski definition) is 1. The molecule has 1 saturated heterocycles. The molecule has 0 aliphatic carbocycles. The zero-order valence-electron chi connectivity index (χ0n) is 22.9. The lowest BCUT2D eigenvalue weighted by molar-refractivity contribution is -0.0643. The maximum Gasteiger partial charge on any atom is 0.163 e. The first-order valence-corrected chi connectivity index (χ1v) is 14.7. The van der Waals surface area contributed by atoms with Gasteiger partial charge in [0.2, 0.25) is 0 Å². The number of amidine groups is 1. The highest BCUT2D eigenvalue weighted by Crippen LogP contribution is 2.51. The number of ether oxygens (including phenoxy) is 4. The van der Waals surface area contributed by atoms with Gasteiger partial charge in [0.05, 0.1) is 29.2 Å². The van der Waals surface area contributed by atoms with Crippen molar-refractivity contribution in [2.75, 3.05) is 5.75 Å². The summed E-state index contributed by atoms with van der Waals surface area (Å²) in [7, 11) is 0. The maximum absolute atomic E-state index is 6.67. The first kappa shape index (κ1) is 27.3. The van der Waals surface area contributed by atoms with Gasteiger partial charge in [-0.3, -0.25) is 0 Å². The number of aliphatic imine (C=N–C) groups is 2. The summed E-state index contributed by atoms with van der Waals surface area (Å²) >= 11 is 1.69. The summed E-state index contributed by atoms with van der Waals surface area (Å²) in [5.41, 5.74) is 9.97. The predicted molar refractivity (Wildman–Crippen MR) is 162 cm³/mol. The second-order valence-corrected chi connectivity index (χ2v) is 11.4. The standard InChI is InChI=1S/C33H33N3O4S/c1-33-21-41-30(31(33)35-22-36-32(33)34)29-28(39-19-25-15-9-4-10-16-25)27(38-18-24-13-7-3-8-14-24)26(40-29)20-37-17-23-11-5-2-6-12-23/h2-16,20,22,27-29H,17-19,21H2,1H3,(H2,34,35,36)/b26-20+/t27-,28-,29-,33?/m1/s1. The van der Waals surface area contributed by atoms with Crippen LogP contribution in [-0.2, 0) is 38.8 Å². The molecule has 0 spiro atoms. The van der Waals surface area contributed by atoms with Crippen LogP contribution in [0, 0.1) is 5.41 Å². The van der Waals surface area contributed by atoms with Gasteiger partial charge in [-0.05, 0) is 23.6 Å². The van der Waals surface area contributed by atoms with E-state index in [1.54, 1.807) is 18.0 Å². The fourth-order valence-corrected chi connectivity index (χ4v) is 6.60. The van der Waals surface area contributed by atoms with E-state index in [1.165, 1.54) is 6.34 Å². The van der Waals surface area contributed by atoms with Crippen LogP contribution >= 0.6 is 11.8 Å². The summed E-state index contributed by atoms with van der Waals surface area (Å²) < 4.78 is 25.9. The van der Waals surface area contributed by atoms with Crippen LogP contribution in [-0.4, -0.2) is 36.2 Å². The Bertz CT molecular complexity index is 1460. The number of thioether (sulfide) groups is 1. The third-order valence-corrected chi connectivity index (χ3v) is 8.93. The summed E-state index contributed by atoms with van der Waals surface area (Å²) in [6.07, 6.45) is 1.80. The van der Waals surface area contributed by atoms with Gasteiger partial charge in [0.25, 0.3) is 0 Å². The molecular formula is C33H33N3O4S. The molecule has 3 aliphatic rings. The molecule has 6 rings (SSSR count). The van der Waals surface area contributed by atoms with Crippen molar-refractivity contribution in [1.29, 1.82) is 0 Å². The van der Waals surface area contributed by atoms with Crippen molar-refractivity contribution in [3.8, 4) is 0 Å². The average Bonchev–Trinajstić information content (AvgIpc) is 3.54. The van der Waals surface area contributed by atoms with E-state index in [4.69, 9.17) is 24.7 Å². The van der Waals surface area contributed by atoms with Crippen molar-refractivity contribution in [3.05, 3.63) is 130 Å². The monoisotopic (exact) mass is 567 g/mol. The van der Waals surface area contributed by atoms with Crippen LogP contribution < -0.4 is 5.73 Å². The molecule has 0 bridgehead atoms. The summed E-state index contributed by atoms with van der Waals surface area (Å²) in [5.74, 6) is 1.88. The lowest BCUT2D eigenvalue weighted by Crippen LogP contribution is -2.39. The maximum atomic E-state index is 6.67. The molecular weight excluding hydrogens is 534 g/mol. The van der Waals surface area contributed by atoms with Gasteiger partial charge in [-0.2, -0.15) is 0 Å². The number of fused-ring (bicyclic) bond motifs is 1. The second kappa shape index (κ2) is 12.3. The highest BCUT2D eigenvalue weighted by atomic mass is 32.2. The van der Waals surface area contributed by atoms with Crippen molar-refractivity contribution >= 4 is 23.9 Å². The summed E-state index contributed by atoms with van der Waals surface area (Å²) in [4.78, 5) is 9.95. The van der Waals surface area contributed by atoms with Crippen LogP contribution in [0.2, 0.25) is 0 Å². The Kier molecular flexibility index (Phi) is 8.23. The molecule has 8 heteroatoms. The number of benzene rings is 3. The summed E-state index contributed by atoms with van der Waals surface area (Å²) in [6, 6.07) is 30.3. The highest BCUT2D eigenvalue weighted by molar-refractivity contribution is 8.03. The van der Waals surface area contributed by atoms with Gasteiger partial charge in [-0.15, -0.1) is 11.8 Å². The minimum Gasteiger partial charge on any atom is -0.493 e. The van der Waals surface area contributed by atoms with Crippen LogP contribution in [0.3, 0.4) is 0 Å². The molecule has 0 saturated carbocycles. The van der Waals surface area contributed by atoms with Gasteiger partial charge in [0.15, 0.2) is 11.9 Å². The van der Waals surface area contributed by atoms with Crippen molar-refractivity contribution in [2.24, 2.45) is 21.1 Å². The molecule has 3 aromatic rings. The Hall–Kier alpha value is -3.85. The predicted octanol–water partition coefficient (Wildman–Crippen LogP) is 5.98. The van der Waals surface area contributed by atoms with Crippen LogP contribution in [0.4, 0.5) is 0 Å². The largest absolute Gasteiger partial charge is 0.493 e. The Morgan fingerprint density at radius 2 is 1.46 bits per heavy atom. The molecule has 0 aromatic heterocycles. The fourth-order valence-electron chi connectivity index (χ4n) is 5.11. The number of rotatable bonds is 10. The molecule has 3 heterocycles. The number of nitrogens with zero attached hydrogens (tertiary/aromatic N) is 2. The first-order valence-electron chi connectivity index (χ1n) is 13.7. The lowest BCUT2D eigenvalue weighted by atomic mass is 9.86. The van der Waals surface area contributed by atoms with E-state index in [2.05, 4.69) is 29.0 Å².